The van der Waals surface area contributed by atoms with Crippen LogP contribution in [0.1, 0.15) is 61.5 Å². The van der Waals surface area contributed by atoms with Crippen molar-refractivity contribution in [2.45, 2.75) is 58.3 Å². The molecule has 6 heteroatoms. The molecule has 1 amide bonds. The quantitative estimate of drug-likeness (QED) is 0.869. The predicted molar refractivity (Wildman–Crippen MR) is 92.0 cm³/mol. The summed E-state index contributed by atoms with van der Waals surface area (Å²) in [5.74, 6) is -0.572. The molecule has 1 atom stereocenters. The number of hydrogen-bond donors (Lipinski definition) is 2. The van der Waals surface area contributed by atoms with Crippen LogP contribution in [0.4, 0.5) is 5.00 Å². The van der Waals surface area contributed by atoms with Crippen molar-refractivity contribution in [1.29, 1.82) is 5.26 Å². The molecule has 24 heavy (non-hydrogen) atoms. The molecule has 0 bridgehead atoms. The summed E-state index contributed by atoms with van der Waals surface area (Å²) >= 11 is 1.48. The molecular weight excluding hydrogens is 324 g/mol. The number of carbonyl (C=O) groups excluding carboxylic acids is 1. The Balaban J connectivity index is 1.78. The lowest BCUT2D eigenvalue weighted by Crippen LogP contribution is -2.32. The molecule has 0 aromatic carbocycles. The summed E-state index contributed by atoms with van der Waals surface area (Å²) in [6, 6.07) is 2.23. The summed E-state index contributed by atoms with van der Waals surface area (Å²) in [6.45, 7) is 2.20. The number of nitrogens with one attached hydrogen (secondary N) is 1. The normalized spacial score (nSPS) is 21.8. The second-order valence-electron chi connectivity index (χ2n) is 7.19. The van der Waals surface area contributed by atoms with Gasteiger partial charge in [-0.3, -0.25) is 9.59 Å². The van der Waals surface area contributed by atoms with Crippen LogP contribution in [0.25, 0.3) is 0 Å². The Morgan fingerprint density at radius 3 is 2.75 bits per heavy atom. The van der Waals surface area contributed by atoms with Crippen LogP contribution in [-0.4, -0.2) is 17.0 Å². The number of carboxylic acid groups (broad SMARTS) is 1. The lowest BCUT2D eigenvalue weighted by atomic mass is 9.82. The van der Waals surface area contributed by atoms with Gasteiger partial charge in [-0.2, -0.15) is 5.26 Å². The van der Waals surface area contributed by atoms with Crippen molar-refractivity contribution < 1.29 is 14.7 Å². The third-order valence-electron chi connectivity index (χ3n) is 5.39. The van der Waals surface area contributed by atoms with Gasteiger partial charge in [-0.1, -0.05) is 19.8 Å². The Labute approximate surface area is 145 Å². The fraction of sp³-hybridized carbons (Fsp3) is 0.611. The van der Waals surface area contributed by atoms with Gasteiger partial charge in [0.1, 0.15) is 11.1 Å². The molecule has 2 aliphatic carbocycles. The van der Waals surface area contributed by atoms with Gasteiger partial charge in [0.2, 0.25) is 5.91 Å². The average molecular weight is 346 g/mol. The van der Waals surface area contributed by atoms with Crippen LogP contribution in [0.15, 0.2) is 0 Å². The Kier molecular flexibility index (Phi) is 4.64. The van der Waals surface area contributed by atoms with Gasteiger partial charge >= 0.3 is 5.97 Å². The molecule has 0 radical (unpaired) electrons. The zero-order chi connectivity index (χ0) is 17.3. The van der Waals surface area contributed by atoms with Gasteiger partial charge in [-0.05, 0) is 43.6 Å². The molecular formula is C18H22N2O3S. The Hall–Kier alpha value is -1.87. The largest absolute Gasteiger partial charge is 0.481 e. The van der Waals surface area contributed by atoms with E-state index in [9.17, 15) is 20.0 Å². The van der Waals surface area contributed by atoms with Gasteiger partial charge in [0.25, 0.3) is 0 Å². The first kappa shape index (κ1) is 17.0. The minimum Gasteiger partial charge on any atom is -0.481 e. The monoisotopic (exact) mass is 346 g/mol. The molecule has 0 unspecified atom stereocenters. The van der Waals surface area contributed by atoms with Gasteiger partial charge in [-0.25, -0.2) is 0 Å². The van der Waals surface area contributed by atoms with Crippen molar-refractivity contribution in [2.75, 3.05) is 5.32 Å². The summed E-state index contributed by atoms with van der Waals surface area (Å²) in [7, 11) is 0. The molecule has 1 aromatic rings. The van der Waals surface area contributed by atoms with Crippen molar-refractivity contribution in [1.82, 2.24) is 0 Å². The number of fused-ring (bicyclic) bond motifs is 1. The number of anilines is 1. The number of thiophene rings is 1. The van der Waals surface area contributed by atoms with E-state index in [1.165, 1.54) is 16.2 Å². The highest BCUT2D eigenvalue weighted by Gasteiger charge is 2.43. The first-order valence-corrected chi connectivity index (χ1v) is 9.35. The van der Waals surface area contributed by atoms with E-state index < -0.39 is 11.4 Å². The number of carboxylic acids is 1. The molecule has 2 aliphatic rings. The fourth-order valence-corrected chi connectivity index (χ4v) is 5.33. The van der Waals surface area contributed by atoms with Crippen LogP contribution in [0.3, 0.4) is 0 Å². The van der Waals surface area contributed by atoms with Crippen molar-refractivity contribution in [3.63, 3.8) is 0 Å². The summed E-state index contributed by atoms with van der Waals surface area (Å²) in [5, 5.41) is 22.4. The van der Waals surface area contributed by atoms with Crippen LogP contribution >= 0.6 is 11.3 Å². The van der Waals surface area contributed by atoms with Crippen LogP contribution in [0, 0.1) is 22.7 Å². The van der Waals surface area contributed by atoms with E-state index in [4.69, 9.17) is 0 Å². The van der Waals surface area contributed by atoms with Crippen LogP contribution in [0.2, 0.25) is 0 Å². The van der Waals surface area contributed by atoms with Crippen molar-refractivity contribution in [3.8, 4) is 6.07 Å². The Morgan fingerprint density at radius 2 is 2.12 bits per heavy atom. The summed E-state index contributed by atoms with van der Waals surface area (Å²) < 4.78 is 0. The SMILES string of the molecule is C[C@@H]1CCc2c(sc(NC(=O)CC3(C(=O)O)CCCC3)c2C#N)C1. The number of carbonyl (C=O) groups is 2. The van der Waals surface area contributed by atoms with E-state index in [1.807, 2.05) is 0 Å². The molecule has 128 valence electrons. The standard InChI is InChI=1S/C18H22N2O3S/c1-11-4-5-12-13(10-19)16(24-14(12)8-11)20-15(21)9-18(17(22)23)6-2-3-7-18/h11H,2-9H2,1H3,(H,20,21)(H,22,23)/t11-/m1/s1. The highest BCUT2D eigenvalue weighted by molar-refractivity contribution is 7.16. The highest BCUT2D eigenvalue weighted by Crippen LogP contribution is 2.43. The molecule has 1 heterocycles. The van der Waals surface area contributed by atoms with Crippen LogP contribution in [-0.2, 0) is 22.4 Å². The molecule has 1 saturated carbocycles. The fourth-order valence-electron chi connectivity index (χ4n) is 3.95. The minimum atomic E-state index is -0.928. The number of rotatable bonds is 4. The van der Waals surface area contributed by atoms with E-state index in [0.717, 1.165) is 37.7 Å². The predicted octanol–water partition coefficient (Wildman–Crippen LogP) is 3.72. The van der Waals surface area contributed by atoms with Crippen LogP contribution in [0.5, 0.6) is 0 Å². The number of hydrogen-bond acceptors (Lipinski definition) is 4. The molecule has 0 aliphatic heterocycles. The van der Waals surface area contributed by atoms with E-state index in [-0.39, 0.29) is 12.3 Å². The molecule has 5 nitrogen and oxygen atoms in total. The van der Waals surface area contributed by atoms with Gasteiger partial charge in [0.05, 0.1) is 11.0 Å². The summed E-state index contributed by atoms with van der Waals surface area (Å²) in [5.41, 5.74) is 0.721. The number of amides is 1. The maximum atomic E-state index is 12.4. The maximum Gasteiger partial charge on any atom is 0.310 e. The lowest BCUT2D eigenvalue weighted by molar-refractivity contribution is -0.150. The number of nitrogens with zero attached hydrogens (tertiary/aromatic N) is 1. The Bertz CT molecular complexity index is 711. The molecule has 1 fully saturated rings. The maximum absolute atomic E-state index is 12.4. The molecule has 2 N–H and O–H groups in total. The van der Waals surface area contributed by atoms with Gasteiger partial charge in [-0.15, -0.1) is 11.3 Å². The molecule has 3 rings (SSSR count). The van der Waals surface area contributed by atoms with E-state index in [1.54, 1.807) is 0 Å². The van der Waals surface area contributed by atoms with Crippen LogP contribution < -0.4 is 5.32 Å². The highest BCUT2D eigenvalue weighted by atomic mass is 32.1. The van der Waals surface area contributed by atoms with Gasteiger partial charge in [0, 0.05) is 11.3 Å². The molecule has 0 spiro atoms. The van der Waals surface area contributed by atoms with Crippen molar-refractivity contribution in [3.05, 3.63) is 16.0 Å². The van der Waals surface area contributed by atoms with Crippen molar-refractivity contribution >= 4 is 28.2 Å². The first-order chi connectivity index (χ1) is 11.4. The minimum absolute atomic E-state index is 0.00777. The zero-order valence-corrected chi connectivity index (χ0v) is 14.7. The topological polar surface area (TPSA) is 90.2 Å². The zero-order valence-electron chi connectivity index (χ0n) is 13.9. The van der Waals surface area contributed by atoms with Gasteiger partial charge < -0.3 is 10.4 Å². The van der Waals surface area contributed by atoms with E-state index >= 15 is 0 Å². The first-order valence-electron chi connectivity index (χ1n) is 8.53. The average Bonchev–Trinajstić information content (AvgIpc) is 3.11. The van der Waals surface area contributed by atoms with Crippen molar-refractivity contribution in [2.24, 2.45) is 11.3 Å². The third-order valence-corrected chi connectivity index (χ3v) is 6.56. The van der Waals surface area contributed by atoms with Gasteiger partial charge in [0.15, 0.2) is 0 Å². The second kappa shape index (κ2) is 6.56. The Morgan fingerprint density at radius 1 is 1.42 bits per heavy atom. The second-order valence-corrected chi connectivity index (χ2v) is 8.29. The smallest absolute Gasteiger partial charge is 0.310 e. The molecule has 1 aromatic heterocycles. The third kappa shape index (κ3) is 3.05. The number of nitriles is 1. The lowest BCUT2D eigenvalue weighted by Gasteiger charge is -2.22. The van der Waals surface area contributed by atoms with E-state index in [0.29, 0.717) is 29.3 Å². The summed E-state index contributed by atoms with van der Waals surface area (Å²) in [6.07, 6.45) is 5.70. The summed E-state index contributed by atoms with van der Waals surface area (Å²) in [4.78, 5) is 25.2. The molecule has 0 saturated heterocycles. The number of aliphatic carboxylic acids is 1. The van der Waals surface area contributed by atoms with E-state index in [2.05, 4.69) is 18.3 Å².